The van der Waals surface area contributed by atoms with Crippen LogP contribution in [0.3, 0.4) is 0 Å². The van der Waals surface area contributed by atoms with E-state index in [0.29, 0.717) is 5.89 Å². The zero-order chi connectivity index (χ0) is 16.4. The Balaban J connectivity index is 1.52. The summed E-state index contributed by atoms with van der Waals surface area (Å²) in [7, 11) is 0. The number of morpholine rings is 1. The Morgan fingerprint density at radius 2 is 1.96 bits per heavy atom. The van der Waals surface area contributed by atoms with Gasteiger partial charge < -0.3 is 19.4 Å². The van der Waals surface area contributed by atoms with Crippen LogP contribution in [0.2, 0.25) is 0 Å². The first-order valence-electron chi connectivity index (χ1n) is 8.31. The van der Waals surface area contributed by atoms with Crippen molar-refractivity contribution in [2.75, 3.05) is 36.5 Å². The molecule has 5 heteroatoms. The highest BCUT2D eigenvalue weighted by Gasteiger charge is 2.14. The van der Waals surface area contributed by atoms with Crippen LogP contribution in [-0.2, 0) is 11.3 Å². The third-order valence-electron chi connectivity index (χ3n) is 4.32. The molecular weight excluding hydrogens is 302 g/mol. The number of benzene rings is 2. The van der Waals surface area contributed by atoms with Crippen molar-refractivity contribution in [2.45, 2.75) is 13.5 Å². The summed E-state index contributed by atoms with van der Waals surface area (Å²) in [5.41, 5.74) is 5.32. The third kappa shape index (κ3) is 3.08. The van der Waals surface area contributed by atoms with Crippen molar-refractivity contribution in [3.05, 3.63) is 53.9 Å². The number of aromatic nitrogens is 1. The maximum atomic E-state index is 5.61. The summed E-state index contributed by atoms with van der Waals surface area (Å²) in [6.45, 7) is 6.12. The molecule has 2 heterocycles. The molecule has 0 unspecified atom stereocenters. The van der Waals surface area contributed by atoms with Crippen LogP contribution in [0.15, 0.2) is 46.9 Å². The molecule has 1 N–H and O–H groups in total. The van der Waals surface area contributed by atoms with Gasteiger partial charge in [0.15, 0.2) is 11.5 Å². The van der Waals surface area contributed by atoms with Crippen LogP contribution in [-0.4, -0.2) is 31.3 Å². The van der Waals surface area contributed by atoms with Crippen molar-refractivity contribution in [1.82, 2.24) is 4.98 Å². The van der Waals surface area contributed by atoms with Gasteiger partial charge in [0.2, 0.25) is 0 Å². The average molecular weight is 323 g/mol. The van der Waals surface area contributed by atoms with E-state index < -0.39 is 0 Å². The second-order valence-corrected chi connectivity index (χ2v) is 6.00. The molecule has 0 radical (unpaired) electrons. The summed E-state index contributed by atoms with van der Waals surface area (Å²) in [5, 5.41) is 3.50. The first-order valence-corrected chi connectivity index (χ1v) is 8.31. The van der Waals surface area contributed by atoms with Crippen LogP contribution >= 0.6 is 0 Å². The van der Waals surface area contributed by atoms with Gasteiger partial charge in [-0.3, -0.25) is 0 Å². The Labute approximate surface area is 141 Å². The molecule has 0 bridgehead atoms. The quantitative estimate of drug-likeness (QED) is 0.795. The van der Waals surface area contributed by atoms with Crippen molar-refractivity contribution >= 4 is 22.5 Å². The van der Waals surface area contributed by atoms with Crippen LogP contribution in [0.25, 0.3) is 11.1 Å². The van der Waals surface area contributed by atoms with Crippen molar-refractivity contribution < 1.29 is 9.15 Å². The molecule has 2 aromatic carbocycles. The highest BCUT2D eigenvalue weighted by molar-refractivity contribution is 5.77. The Morgan fingerprint density at radius 3 is 2.83 bits per heavy atom. The average Bonchev–Trinajstić information content (AvgIpc) is 3.00. The number of para-hydroxylation sites is 1. The second-order valence-electron chi connectivity index (χ2n) is 6.00. The zero-order valence-corrected chi connectivity index (χ0v) is 13.8. The maximum Gasteiger partial charge on any atom is 0.192 e. The van der Waals surface area contributed by atoms with E-state index in [1.807, 2.05) is 25.1 Å². The lowest BCUT2D eigenvalue weighted by Gasteiger charge is -2.30. The third-order valence-corrected chi connectivity index (χ3v) is 4.32. The molecule has 124 valence electrons. The highest BCUT2D eigenvalue weighted by atomic mass is 16.5. The Morgan fingerprint density at radius 1 is 1.12 bits per heavy atom. The predicted octanol–water partition coefficient (Wildman–Crippen LogP) is 3.58. The topological polar surface area (TPSA) is 50.5 Å². The van der Waals surface area contributed by atoms with Crippen LogP contribution in [0.4, 0.5) is 11.4 Å². The largest absolute Gasteiger partial charge is 0.441 e. The van der Waals surface area contributed by atoms with Gasteiger partial charge in [-0.15, -0.1) is 0 Å². The molecule has 0 atom stereocenters. The normalized spacial score (nSPS) is 15.0. The van der Waals surface area contributed by atoms with E-state index in [9.17, 15) is 0 Å². The van der Waals surface area contributed by atoms with Gasteiger partial charge in [0.1, 0.15) is 5.52 Å². The number of rotatable bonds is 4. The Bertz CT molecular complexity index is 837. The number of aryl methyl sites for hydroxylation is 1. The van der Waals surface area contributed by atoms with Gasteiger partial charge in [-0.1, -0.05) is 18.2 Å². The molecule has 4 rings (SSSR count). The molecule has 0 spiro atoms. The minimum atomic E-state index is 0.694. The van der Waals surface area contributed by atoms with Gasteiger partial charge >= 0.3 is 0 Å². The standard InChI is InChI=1S/C19H21N3O2/c1-14-21-17-7-6-16(12-19(17)24-14)20-13-15-4-2-3-5-18(15)22-8-10-23-11-9-22/h2-7,12,20H,8-11,13H2,1H3. The van der Waals surface area contributed by atoms with E-state index in [4.69, 9.17) is 9.15 Å². The summed E-state index contributed by atoms with van der Waals surface area (Å²) in [6, 6.07) is 14.6. The van der Waals surface area contributed by atoms with Crippen molar-refractivity contribution in [2.24, 2.45) is 0 Å². The van der Waals surface area contributed by atoms with Crippen LogP contribution in [0.5, 0.6) is 0 Å². The zero-order valence-electron chi connectivity index (χ0n) is 13.8. The summed E-state index contributed by atoms with van der Waals surface area (Å²) in [5.74, 6) is 0.694. The lowest BCUT2D eigenvalue weighted by molar-refractivity contribution is 0.122. The number of anilines is 2. The summed E-state index contributed by atoms with van der Waals surface area (Å²) in [6.07, 6.45) is 0. The summed E-state index contributed by atoms with van der Waals surface area (Å²) >= 11 is 0. The molecule has 1 saturated heterocycles. The summed E-state index contributed by atoms with van der Waals surface area (Å²) in [4.78, 5) is 6.73. The molecule has 5 nitrogen and oxygen atoms in total. The number of fused-ring (bicyclic) bond motifs is 1. The number of nitrogens with one attached hydrogen (secondary N) is 1. The highest BCUT2D eigenvalue weighted by Crippen LogP contribution is 2.24. The lowest BCUT2D eigenvalue weighted by atomic mass is 10.1. The van der Waals surface area contributed by atoms with Crippen molar-refractivity contribution in [3.8, 4) is 0 Å². The van der Waals surface area contributed by atoms with E-state index in [-0.39, 0.29) is 0 Å². The monoisotopic (exact) mass is 323 g/mol. The van der Waals surface area contributed by atoms with Crippen LogP contribution < -0.4 is 10.2 Å². The van der Waals surface area contributed by atoms with E-state index in [2.05, 4.69) is 39.5 Å². The molecular formula is C19H21N3O2. The Hall–Kier alpha value is -2.53. The van der Waals surface area contributed by atoms with Gasteiger partial charge in [0, 0.05) is 44.0 Å². The molecule has 0 amide bonds. The minimum Gasteiger partial charge on any atom is -0.441 e. The minimum absolute atomic E-state index is 0.694. The van der Waals surface area contributed by atoms with Gasteiger partial charge in [-0.25, -0.2) is 4.98 Å². The second kappa shape index (κ2) is 6.53. The smallest absolute Gasteiger partial charge is 0.192 e. The molecule has 1 aliphatic heterocycles. The first-order chi connectivity index (χ1) is 11.8. The fourth-order valence-electron chi connectivity index (χ4n) is 3.12. The fraction of sp³-hybridized carbons (Fsp3) is 0.316. The van der Waals surface area contributed by atoms with Gasteiger partial charge in [0.05, 0.1) is 13.2 Å². The Kier molecular flexibility index (Phi) is 4.09. The van der Waals surface area contributed by atoms with E-state index >= 15 is 0 Å². The maximum absolute atomic E-state index is 5.61. The molecule has 24 heavy (non-hydrogen) atoms. The number of hydrogen-bond donors (Lipinski definition) is 1. The number of nitrogens with zero attached hydrogens (tertiary/aromatic N) is 2. The van der Waals surface area contributed by atoms with Crippen LogP contribution in [0, 0.1) is 6.92 Å². The number of hydrogen-bond acceptors (Lipinski definition) is 5. The van der Waals surface area contributed by atoms with E-state index in [1.165, 1.54) is 11.3 Å². The first kappa shape index (κ1) is 15.0. The molecule has 1 aromatic heterocycles. The molecule has 3 aromatic rings. The number of ether oxygens (including phenoxy) is 1. The van der Waals surface area contributed by atoms with Crippen LogP contribution in [0.1, 0.15) is 11.5 Å². The van der Waals surface area contributed by atoms with Gasteiger partial charge in [0.25, 0.3) is 0 Å². The summed E-state index contributed by atoms with van der Waals surface area (Å²) < 4.78 is 11.1. The van der Waals surface area contributed by atoms with Gasteiger partial charge in [-0.05, 0) is 23.8 Å². The fourth-order valence-corrected chi connectivity index (χ4v) is 3.12. The lowest BCUT2D eigenvalue weighted by Crippen LogP contribution is -2.36. The molecule has 1 fully saturated rings. The SMILES string of the molecule is Cc1nc2ccc(NCc3ccccc3N3CCOCC3)cc2o1. The van der Waals surface area contributed by atoms with Crippen molar-refractivity contribution in [3.63, 3.8) is 0 Å². The number of oxazole rings is 1. The molecule has 1 aliphatic rings. The molecule has 0 saturated carbocycles. The van der Waals surface area contributed by atoms with E-state index in [1.54, 1.807) is 0 Å². The molecule has 0 aliphatic carbocycles. The van der Waals surface area contributed by atoms with E-state index in [0.717, 1.165) is 49.6 Å². The predicted molar refractivity (Wildman–Crippen MR) is 95.5 cm³/mol. The van der Waals surface area contributed by atoms with Gasteiger partial charge in [-0.2, -0.15) is 0 Å². The van der Waals surface area contributed by atoms with Crippen molar-refractivity contribution in [1.29, 1.82) is 0 Å².